The predicted molar refractivity (Wildman–Crippen MR) is 121 cm³/mol. The van der Waals surface area contributed by atoms with Gasteiger partial charge in [0.1, 0.15) is 0 Å². The van der Waals surface area contributed by atoms with Gasteiger partial charge in [-0.05, 0) is 73.8 Å². The minimum absolute atomic E-state index is 0.265. The number of hydrogen-bond acceptors (Lipinski definition) is 2. The number of halogens is 2. The van der Waals surface area contributed by atoms with E-state index in [9.17, 15) is 9.18 Å². The average molecular weight is 433 g/mol. The Morgan fingerprint density at radius 2 is 1.61 bits per heavy atom. The monoisotopic (exact) mass is 432 g/mol. The minimum atomic E-state index is -1.04. The van der Waals surface area contributed by atoms with Gasteiger partial charge in [-0.1, -0.05) is 64.5 Å². The fourth-order valence-electron chi connectivity index (χ4n) is 5.65. The number of unbranched alkanes of at least 4 members (excludes halogenated alkanes) is 5. The van der Waals surface area contributed by atoms with E-state index in [4.69, 9.17) is 4.74 Å². The number of hydrogen-bond donors (Lipinski definition) is 0. The SMILES string of the molecule is CCCC=CC(=O)Oc1ccc(C23CCC(CCCCCCC)(CC2)CC3)c(F)c1F. The number of esters is 1. The molecule has 3 fully saturated rings. The normalized spacial score (nSPS) is 25.3. The summed E-state index contributed by atoms with van der Waals surface area (Å²) in [5.74, 6) is -2.87. The number of rotatable bonds is 11. The molecule has 3 saturated carbocycles. The van der Waals surface area contributed by atoms with Gasteiger partial charge in [0, 0.05) is 6.08 Å². The van der Waals surface area contributed by atoms with Crippen molar-refractivity contribution in [1.82, 2.24) is 0 Å². The molecule has 0 radical (unpaired) electrons. The molecule has 0 N–H and O–H groups in total. The van der Waals surface area contributed by atoms with Crippen LogP contribution < -0.4 is 4.74 Å². The molecule has 172 valence electrons. The topological polar surface area (TPSA) is 26.3 Å². The maximum absolute atomic E-state index is 15.1. The van der Waals surface area contributed by atoms with Crippen LogP contribution in [0.5, 0.6) is 5.75 Å². The predicted octanol–water partition coefficient (Wildman–Crippen LogP) is 8.18. The molecule has 0 heterocycles. The van der Waals surface area contributed by atoms with Gasteiger partial charge >= 0.3 is 5.97 Å². The number of benzene rings is 1. The van der Waals surface area contributed by atoms with Gasteiger partial charge < -0.3 is 4.74 Å². The highest BCUT2D eigenvalue weighted by Crippen LogP contribution is 2.60. The van der Waals surface area contributed by atoms with E-state index in [-0.39, 0.29) is 11.2 Å². The van der Waals surface area contributed by atoms with Gasteiger partial charge in [-0.3, -0.25) is 0 Å². The molecule has 0 atom stereocenters. The molecule has 4 heteroatoms. The molecule has 3 aliphatic carbocycles. The van der Waals surface area contributed by atoms with Crippen LogP contribution >= 0.6 is 0 Å². The van der Waals surface area contributed by atoms with E-state index < -0.39 is 17.6 Å². The Balaban J connectivity index is 1.64. The first kappa shape index (κ1) is 23.9. The molecule has 0 aromatic heterocycles. The fourth-order valence-corrected chi connectivity index (χ4v) is 5.65. The van der Waals surface area contributed by atoms with Gasteiger partial charge in [-0.15, -0.1) is 0 Å². The molecule has 1 aromatic rings. The van der Waals surface area contributed by atoms with Crippen LogP contribution in [0.4, 0.5) is 8.78 Å². The van der Waals surface area contributed by atoms with Gasteiger partial charge in [-0.2, -0.15) is 4.39 Å². The smallest absolute Gasteiger partial charge is 0.335 e. The second-order valence-corrected chi connectivity index (χ2v) is 9.80. The van der Waals surface area contributed by atoms with Crippen LogP contribution in [0.2, 0.25) is 0 Å². The van der Waals surface area contributed by atoms with Crippen molar-refractivity contribution in [2.45, 2.75) is 109 Å². The Morgan fingerprint density at radius 3 is 2.26 bits per heavy atom. The molecule has 0 saturated heterocycles. The van der Waals surface area contributed by atoms with Crippen molar-refractivity contribution < 1.29 is 18.3 Å². The highest BCUT2D eigenvalue weighted by molar-refractivity contribution is 5.84. The maximum Gasteiger partial charge on any atom is 0.335 e. The lowest BCUT2D eigenvalue weighted by Gasteiger charge is -2.54. The van der Waals surface area contributed by atoms with Crippen LogP contribution in [0.1, 0.15) is 109 Å². The molecule has 0 aliphatic heterocycles. The number of allylic oxidation sites excluding steroid dienone is 1. The number of fused-ring (bicyclic) bond motifs is 3. The molecule has 3 aliphatic rings. The van der Waals surface area contributed by atoms with Crippen molar-refractivity contribution in [1.29, 1.82) is 0 Å². The minimum Gasteiger partial charge on any atom is -0.420 e. The summed E-state index contributed by atoms with van der Waals surface area (Å²) in [6.07, 6.45) is 18.5. The van der Waals surface area contributed by atoms with E-state index in [1.807, 2.05) is 6.92 Å². The van der Waals surface area contributed by atoms with Gasteiger partial charge in [-0.25, -0.2) is 9.18 Å². The second-order valence-electron chi connectivity index (χ2n) is 9.80. The molecular formula is C27H38F2O2. The zero-order valence-electron chi connectivity index (χ0n) is 19.3. The molecule has 2 bridgehead atoms. The summed E-state index contributed by atoms with van der Waals surface area (Å²) >= 11 is 0. The third-order valence-corrected chi connectivity index (χ3v) is 7.75. The third-order valence-electron chi connectivity index (χ3n) is 7.75. The molecule has 31 heavy (non-hydrogen) atoms. The lowest BCUT2D eigenvalue weighted by atomic mass is 9.51. The summed E-state index contributed by atoms with van der Waals surface area (Å²) in [4.78, 5) is 11.8. The summed E-state index contributed by atoms with van der Waals surface area (Å²) in [6.45, 7) is 4.24. The summed E-state index contributed by atoms with van der Waals surface area (Å²) in [6, 6.07) is 3.08. The first-order valence-corrected chi connectivity index (χ1v) is 12.3. The Kier molecular flexibility index (Phi) is 8.30. The standard InChI is InChI=1S/C27H38F2O2/c1-3-5-7-8-10-14-26-15-18-27(19-16-26,20-17-26)21-12-13-22(25(29)24(21)28)31-23(30)11-9-6-4-2/h9,11-13H,3-8,10,14-20H2,1-2H3. The van der Waals surface area contributed by atoms with Crippen LogP contribution in [-0.4, -0.2) is 5.97 Å². The van der Waals surface area contributed by atoms with E-state index in [2.05, 4.69) is 6.92 Å². The van der Waals surface area contributed by atoms with Crippen LogP contribution in [-0.2, 0) is 10.2 Å². The zero-order chi connectivity index (χ0) is 22.3. The van der Waals surface area contributed by atoms with Crippen LogP contribution in [0.25, 0.3) is 0 Å². The Bertz CT molecular complexity index is 759. The van der Waals surface area contributed by atoms with E-state index >= 15 is 4.39 Å². The van der Waals surface area contributed by atoms with E-state index in [1.165, 1.54) is 50.7 Å². The summed E-state index contributed by atoms with van der Waals surface area (Å²) in [5, 5.41) is 0. The molecular weight excluding hydrogens is 394 g/mol. The highest BCUT2D eigenvalue weighted by atomic mass is 19.2. The van der Waals surface area contributed by atoms with Gasteiger partial charge in [0.15, 0.2) is 11.6 Å². The van der Waals surface area contributed by atoms with Crippen LogP contribution in [0.3, 0.4) is 0 Å². The van der Waals surface area contributed by atoms with Crippen molar-refractivity contribution in [2.75, 3.05) is 0 Å². The summed E-state index contributed by atoms with van der Waals surface area (Å²) < 4.78 is 34.9. The number of carbonyl (C=O) groups excluding carboxylic acids is 1. The maximum atomic E-state index is 15.1. The first-order valence-electron chi connectivity index (χ1n) is 12.3. The number of carbonyl (C=O) groups is 1. The van der Waals surface area contributed by atoms with E-state index in [1.54, 1.807) is 12.1 Å². The van der Waals surface area contributed by atoms with Crippen LogP contribution in [0.15, 0.2) is 24.3 Å². The lowest BCUT2D eigenvalue weighted by molar-refractivity contribution is -0.129. The average Bonchev–Trinajstić information content (AvgIpc) is 2.78. The number of ether oxygens (including phenoxy) is 1. The molecule has 4 rings (SSSR count). The van der Waals surface area contributed by atoms with Gasteiger partial charge in [0.05, 0.1) is 0 Å². The Morgan fingerprint density at radius 1 is 0.935 bits per heavy atom. The summed E-state index contributed by atoms with van der Waals surface area (Å²) in [7, 11) is 0. The Hall–Kier alpha value is -1.71. The second kappa shape index (κ2) is 10.7. The van der Waals surface area contributed by atoms with Gasteiger partial charge in [0.2, 0.25) is 5.82 Å². The first-order chi connectivity index (χ1) is 15.0. The van der Waals surface area contributed by atoms with Gasteiger partial charge in [0.25, 0.3) is 0 Å². The summed E-state index contributed by atoms with van der Waals surface area (Å²) in [5.41, 5.74) is 0.629. The third kappa shape index (κ3) is 5.56. The van der Waals surface area contributed by atoms with Crippen LogP contribution in [0, 0.1) is 17.0 Å². The quantitative estimate of drug-likeness (QED) is 0.152. The van der Waals surface area contributed by atoms with Crippen molar-refractivity contribution >= 4 is 5.97 Å². The lowest BCUT2D eigenvalue weighted by Crippen LogP contribution is -2.44. The molecule has 0 amide bonds. The molecule has 1 aromatic carbocycles. The van der Waals surface area contributed by atoms with Crippen molar-refractivity contribution in [3.63, 3.8) is 0 Å². The largest absolute Gasteiger partial charge is 0.420 e. The van der Waals surface area contributed by atoms with Crippen molar-refractivity contribution in [3.05, 3.63) is 41.5 Å². The fraction of sp³-hybridized carbons (Fsp3) is 0.667. The highest BCUT2D eigenvalue weighted by Gasteiger charge is 2.50. The molecule has 0 unspecified atom stereocenters. The van der Waals surface area contributed by atoms with E-state index in [0.717, 1.165) is 51.4 Å². The van der Waals surface area contributed by atoms with Crippen molar-refractivity contribution in [3.8, 4) is 5.75 Å². The Labute approximate surface area is 186 Å². The van der Waals surface area contributed by atoms with Crippen molar-refractivity contribution in [2.24, 2.45) is 5.41 Å². The van der Waals surface area contributed by atoms with E-state index in [0.29, 0.717) is 11.0 Å². The zero-order valence-corrected chi connectivity index (χ0v) is 19.3. The molecule has 2 nitrogen and oxygen atoms in total. The molecule has 0 spiro atoms.